The van der Waals surface area contributed by atoms with Crippen molar-refractivity contribution in [2.75, 3.05) is 27.8 Å². The predicted octanol–water partition coefficient (Wildman–Crippen LogP) is 2.98. The Bertz CT molecular complexity index is 808. The van der Waals surface area contributed by atoms with E-state index in [2.05, 4.69) is 21.3 Å². The van der Waals surface area contributed by atoms with Gasteiger partial charge >= 0.3 is 0 Å². The number of methoxy groups -OCH3 is 2. The Hall–Kier alpha value is -2.76. The van der Waals surface area contributed by atoms with Gasteiger partial charge in [0.2, 0.25) is 0 Å². The van der Waals surface area contributed by atoms with E-state index in [0.29, 0.717) is 6.54 Å². The number of nitrogens with zero attached hydrogens (tertiary/aromatic N) is 2. The molecule has 3 rings (SSSR count). The first-order chi connectivity index (χ1) is 12.6. The molecule has 0 saturated carbocycles. The molecule has 0 unspecified atom stereocenters. The SMILES string of the molecule is CN=C(NCc1cccc(F)c1)N1CCc2cc(OC)c(OC)cc2C1. The molecular weight excluding hydrogens is 333 g/mol. The lowest BCUT2D eigenvalue weighted by molar-refractivity contribution is 0.346. The van der Waals surface area contributed by atoms with Gasteiger partial charge < -0.3 is 19.7 Å². The van der Waals surface area contributed by atoms with Gasteiger partial charge in [-0.05, 0) is 47.4 Å². The van der Waals surface area contributed by atoms with E-state index in [1.165, 1.54) is 23.3 Å². The lowest BCUT2D eigenvalue weighted by Gasteiger charge is -2.32. The number of hydrogen-bond donors (Lipinski definition) is 1. The fraction of sp³-hybridized carbons (Fsp3) is 0.350. The molecule has 0 saturated heterocycles. The normalized spacial score (nSPS) is 14.0. The van der Waals surface area contributed by atoms with E-state index in [4.69, 9.17) is 9.47 Å². The molecule has 0 fully saturated rings. The maximum atomic E-state index is 13.3. The van der Waals surface area contributed by atoms with Crippen molar-refractivity contribution in [3.63, 3.8) is 0 Å². The summed E-state index contributed by atoms with van der Waals surface area (Å²) in [5.41, 5.74) is 3.34. The number of fused-ring (bicyclic) bond motifs is 1. The van der Waals surface area contributed by atoms with Gasteiger partial charge in [-0.2, -0.15) is 0 Å². The Labute approximate surface area is 153 Å². The van der Waals surface area contributed by atoms with Crippen molar-refractivity contribution in [1.29, 1.82) is 0 Å². The van der Waals surface area contributed by atoms with Crippen LogP contribution in [0.25, 0.3) is 0 Å². The van der Waals surface area contributed by atoms with E-state index in [-0.39, 0.29) is 5.82 Å². The van der Waals surface area contributed by atoms with Crippen LogP contribution in [0.4, 0.5) is 4.39 Å². The van der Waals surface area contributed by atoms with Gasteiger partial charge in [0.1, 0.15) is 5.82 Å². The fourth-order valence-corrected chi connectivity index (χ4v) is 3.22. The van der Waals surface area contributed by atoms with Crippen LogP contribution in [0.3, 0.4) is 0 Å². The van der Waals surface area contributed by atoms with Gasteiger partial charge in [-0.3, -0.25) is 4.99 Å². The van der Waals surface area contributed by atoms with E-state index < -0.39 is 0 Å². The highest BCUT2D eigenvalue weighted by Crippen LogP contribution is 2.33. The molecule has 0 bridgehead atoms. The lowest BCUT2D eigenvalue weighted by Crippen LogP contribution is -2.43. The number of guanidine groups is 1. The van der Waals surface area contributed by atoms with Crippen LogP contribution >= 0.6 is 0 Å². The average Bonchev–Trinajstić information content (AvgIpc) is 2.67. The van der Waals surface area contributed by atoms with Crippen molar-refractivity contribution in [3.8, 4) is 11.5 Å². The Balaban J connectivity index is 1.72. The summed E-state index contributed by atoms with van der Waals surface area (Å²) < 4.78 is 24.1. The Morgan fingerprint density at radius 3 is 2.54 bits per heavy atom. The summed E-state index contributed by atoms with van der Waals surface area (Å²) in [5.74, 6) is 2.06. The molecule has 1 N–H and O–H groups in total. The Kier molecular flexibility index (Phi) is 5.61. The highest BCUT2D eigenvalue weighted by Gasteiger charge is 2.21. The number of ether oxygens (including phenoxy) is 2. The van der Waals surface area contributed by atoms with Gasteiger partial charge in [0.15, 0.2) is 17.5 Å². The minimum atomic E-state index is -0.229. The second-order valence-corrected chi connectivity index (χ2v) is 6.18. The van der Waals surface area contributed by atoms with Gasteiger partial charge in [-0.25, -0.2) is 4.39 Å². The zero-order valence-electron chi connectivity index (χ0n) is 15.4. The quantitative estimate of drug-likeness (QED) is 0.675. The highest BCUT2D eigenvalue weighted by molar-refractivity contribution is 5.80. The van der Waals surface area contributed by atoms with Gasteiger partial charge in [0, 0.05) is 26.7 Å². The van der Waals surface area contributed by atoms with Crippen molar-refractivity contribution in [1.82, 2.24) is 10.2 Å². The Morgan fingerprint density at radius 1 is 1.15 bits per heavy atom. The van der Waals surface area contributed by atoms with E-state index >= 15 is 0 Å². The summed E-state index contributed by atoms with van der Waals surface area (Å²) in [6.07, 6.45) is 0.899. The molecule has 26 heavy (non-hydrogen) atoms. The highest BCUT2D eigenvalue weighted by atomic mass is 19.1. The number of halogens is 1. The third-order valence-corrected chi connectivity index (χ3v) is 4.57. The van der Waals surface area contributed by atoms with Gasteiger partial charge in [-0.15, -0.1) is 0 Å². The molecule has 0 aliphatic carbocycles. The molecule has 2 aromatic carbocycles. The van der Waals surface area contributed by atoms with Crippen molar-refractivity contribution < 1.29 is 13.9 Å². The standard InChI is InChI=1S/C20H24FN3O2/c1-22-20(23-12-14-5-4-6-17(21)9-14)24-8-7-15-10-18(25-2)19(26-3)11-16(15)13-24/h4-6,9-11H,7-8,12-13H2,1-3H3,(H,22,23). The molecule has 0 radical (unpaired) electrons. The van der Waals surface area contributed by atoms with Crippen molar-refractivity contribution in [2.24, 2.45) is 4.99 Å². The number of aliphatic imine (C=N–C) groups is 1. The molecule has 6 heteroatoms. The predicted molar refractivity (Wildman–Crippen MR) is 100 cm³/mol. The maximum Gasteiger partial charge on any atom is 0.194 e. The molecule has 0 atom stereocenters. The molecule has 0 spiro atoms. The van der Waals surface area contributed by atoms with Gasteiger partial charge in [0.05, 0.1) is 14.2 Å². The van der Waals surface area contributed by atoms with Gasteiger partial charge in [-0.1, -0.05) is 12.1 Å². The molecule has 0 aromatic heterocycles. The van der Waals surface area contributed by atoms with E-state index in [0.717, 1.165) is 42.5 Å². The molecular formula is C20H24FN3O2. The monoisotopic (exact) mass is 357 g/mol. The molecule has 5 nitrogen and oxygen atoms in total. The van der Waals surface area contributed by atoms with Crippen LogP contribution in [0.2, 0.25) is 0 Å². The molecule has 1 aliphatic rings. The van der Waals surface area contributed by atoms with Crippen LogP contribution in [-0.4, -0.2) is 38.7 Å². The van der Waals surface area contributed by atoms with Crippen LogP contribution in [0.5, 0.6) is 11.5 Å². The van der Waals surface area contributed by atoms with Crippen LogP contribution in [-0.2, 0) is 19.5 Å². The minimum absolute atomic E-state index is 0.229. The van der Waals surface area contributed by atoms with Crippen molar-refractivity contribution in [2.45, 2.75) is 19.5 Å². The molecule has 1 aliphatic heterocycles. The number of benzene rings is 2. The van der Waals surface area contributed by atoms with Crippen LogP contribution in [0.15, 0.2) is 41.4 Å². The molecule has 0 amide bonds. The zero-order chi connectivity index (χ0) is 18.5. The van der Waals surface area contributed by atoms with Crippen LogP contribution in [0, 0.1) is 5.82 Å². The first-order valence-electron chi connectivity index (χ1n) is 8.58. The van der Waals surface area contributed by atoms with Crippen LogP contribution < -0.4 is 14.8 Å². The van der Waals surface area contributed by atoms with E-state index in [9.17, 15) is 4.39 Å². The molecule has 138 valence electrons. The van der Waals surface area contributed by atoms with Crippen molar-refractivity contribution >= 4 is 5.96 Å². The van der Waals surface area contributed by atoms with Crippen LogP contribution in [0.1, 0.15) is 16.7 Å². The lowest BCUT2D eigenvalue weighted by atomic mass is 9.99. The van der Waals surface area contributed by atoms with Gasteiger partial charge in [0.25, 0.3) is 0 Å². The summed E-state index contributed by atoms with van der Waals surface area (Å²) in [6.45, 7) is 2.11. The first-order valence-corrected chi connectivity index (χ1v) is 8.58. The van der Waals surface area contributed by atoms with E-state index in [1.807, 2.05) is 12.1 Å². The third kappa shape index (κ3) is 3.90. The molecule has 2 aromatic rings. The molecule has 1 heterocycles. The number of rotatable bonds is 4. The second kappa shape index (κ2) is 8.08. The van der Waals surface area contributed by atoms with E-state index in [1.54, 1.807) is 27.3 Å². The zero-order valence-corrected chi connectivity index (χ0v) is 15.4. The third-order valence-electron chi connectivity index (χ3n) is 4.57. The topological polar surface area (TPSA) is 46.1 Å². The van der Waals surface area contributed by atoms with Crippen molar-refractivity contribution in [3.05, 3.63) is 58.9 Å². The number of hydrogen-bond acceptors (Lipinski definition) is 3. The minimum Gasteiger partial charge on any atom is -0.493 e. The summed E-state index contributed by atoms with van der Waals surface area (Å²) in [4.78, 5) is 6.57. The largest absolute Gasteiger partial charge is 0.493 e. The summed E-state index contributed by atoms with van der Waals surface area (Å²) in [6, 6.07) is 10.7. The second-order valence-electron chi connectivity index (χ2n) is 6.18. The average molecular weight is 357 g/mol. The maximum absolute atomic E-state index is 13.3. The summed E-state index contributed by atoms with van der Waals surface area (Å²) in [7, 11) is 5.06. The summed E-state index contributed by atoms with van der Waals surface area (Å²) in [5, 5.41) is 3.32. The number of nitrogens with one attached hydrogen (secondary N) is 1. The summed E-state index contributed by atoms with van der Waals surface area (Å²) >= 11 is 0. The smallest absolute Gasteiger partial charge is 0.194 e. The first kappa shape index (κ1) is 18.0. The fourth-order valence-electron chi connectivity index (χ4n) is 3.22. The Morgan fingerprint density at radius 2 is 1.88 bits per heavy atom.